The van der Waals surface area contributed by atoms with Crippen LogP contribution in [0.5, 0.6) is 0 Å². The van der Waals surface area contributed by atoms with Crippen LogP contribution in [0.15, 0.2) is 72.8 Å². The van der Waals surface area contributed by atoms with Crippen molar-refractivity contribution < 1.29 is 14.3 Å². The highest BCUT2D eigenvalue weighted by atomic mass is 16.5. The molecule has 0 N–H and O–H groups in total. The minimum absolute atomic E-state index is 0.193. The molecule has 0 heterocycles. The maximum Gasteiger partial charge on any atom is 0.313 e. The van der Waals surface area contributed by atoms with Crippen LogP contribution in [0.25, 0.3) is 10.8 Å². The lowest BCUT2D eigenvalue weighted by Gasteiger charge is -2.14. The fourth-order valence-electron chi connectivity index (χ4n) is 2.91. The molecule has 0 radical (unpaired) electrons. The summed E-state index contributed by atoms with van der Waals surface area (Å²) in [4.78, 5) is 24.7. The number of esters is 1. The van der Waals surface area contributed by atoms with Crippen LogP contribution in [-0.2, 0) is 9.53 Å². The van der Waals surface area contributed by atoms with Gasteiger partial charge < -0.3 is 4.74 Å². The molecule has 1 unspecified atom stereocenters. The molecular weight excluding hydrogens is 312 g/mol. The van der Waals surface area contributed by atoms with Gasteiger partial charge in [0.1, 0.15) is 0 Å². The molecule has 0 aliphatic carbocycles. The zero-order valence-electron chi connectivity index (χ0n) is 14.1. The summed E-state index contributed by atoms with van der Waals surface area (Å²) in [6.07, 6.45) is 0.632. The lowest BCUT2D eigenvalue weighted by Crippen LogP contribution is -2.19. The topological polar surface area (TPSA) is 43.4 Å². The van der Waals surface area contributed by atoms with Crippen molar-refractivity contribution in [1.82, 2.24) is 0 Å². The molecule has 3 heteroatoms. The van der Waals surface area contributed by atoms with Crippen molar-refractivity contribution >= 4 is 22.5 Å². The number of benzene rings is 3. The highest BCUT2D eigenvalue weighted by molar-refractivity contribution is 6.01. The van der Waals surface area contributed by atoms with Crippen LogP contribution in [-0.4, -0.2) is 18.4 Å². The SMILES string of the molecule is CCC(C(=O)OCC(=O)c1ccc2ccccc2c1)c1ccccc1. The number of carbonyl (C=O) groups excluding carboxylic acids is 2. The van der Waals surface area contributed by atoms with E-state index in [4.69, 9.17) is 4.74 Å². The van der Waals surface area contributed by atoms with Crippen LogP contribution in [0.2, 0.25) is 0 Å². The number of ketones is 1. The van der Waals surface area contributed by atoms with Gasteiger partial charge in [0.15, 0.2) is 12.4 Å². The summed E-state index contributed by atoms with van der Waals surface area (Å²) in [6, 6.07) is 22.9. The van der Waals surface area contributed by atoms with Crippen LogP contribution in [0.1, 0.15) is 35.2 Å². The van der Waals surface area contributed by atoms with Gasteiger partial charge in [-0.15, -0.1) is 0 Å². The number of hydrogen-bond acceptors (Lipinski definition) is 3. The average molecular weight is 332 g/mol. The van der Waals surface area contributed by atoms with Crippen LogP contribution in [0, 0.1) is 0 Å². The first-order chi connectivity index (χ1) is 12.2. The van der Waals surface area contributed by atoms with Gasteiger partial charge in [0.2, 0.25) is 0 Å². The van der Waals surface area contributed by atoms with Crippen molar-refractivity contribution in [3.63, 3.8) is 0 Å². The molecule has 0 saturated heterocycles. The molecule has 0 fully saturated rings. The summed E-state index contributed by atoms with van der Waals surface area (Å²) >= 11 is 0. The first-order valence-corrected chi connectivity index (χ1v) is 8.42. The zero-order chi connectivity index (χ0) is 17.6. The van der Waals surface area contributed by atoms with Crippen LogP contribution >= 0.6 is 0 Å². The van der Waals surface area contributed by atoms with E-state index in [1.54, 1.807) is 6.07 Å². The second-order valence-electron chi connectivity index (χ2n) is 5.96. The smallest absolute Gasteiger partial charge is 0.313 e. The predicted octanol–water partition coefficient (Wildman–Crippen LogP) is 4.76. The highest BCUT2D eigenvalue weighted by Crippen LogP contribution is 2.21. The number of Topliss-reactive ketones (excluding diaryl/α,β-unsaturated/α-hetero) is 1. The fourth-order valence-corrected chi connectivity index (χ4v) is 2.91. The summed E-state index contributed by atoms with van der Waals surface area (Å²) in [5, 5.41) is 2.07. The van der Waals surface area contributed by atoms with Crippen molar-refractivity contribution in [2.75, 3.05) is 6.61 Å². The third-order valence-corrected chi connectivity index (χ3v) is 4.31. The molecule has 0 spiro atoms. The van der Waals surface area contributed by atoms with Crippen molar-refractivity contribution in [2.45, 2.75) is 19.3 Å². The molecule has 3 nitrogen and oxygen atoms in total. The molecule has 0 aromatic heterocycles. The van der Waals surface area contributed by atoms with E-state index in [9.17, 15) is 9.59 Å². The van der Waals surface area contributed by atoms with Gasteiger partial charge in [0, 0.05) is 5.56 Å². The van der Waals surface area contributed by atoms with E-state index in [1.807, 2.05) is 73.7 Å². The third-order valence-electron chi connectivity index (χ3n) is 4.31. The Morgan fingerprint density at radius 3 is 2.28 bits per heavy atom. The van der Waals surface area contributed by atoms with Crippen molar-refractivity contribution in [1.29, 1.82) is 0 Å². The van der Waals surface area contributed by atoms with Gasteiger partial charge in [-0.2, -0.15) is 0 Å². The Balaban J connectivity index is 1.67. The minimum Gasteiger partial charge on any atom is -0.457 e. The van der Waals surface area contributed by atoms with Gasteiger partial charge in [0.25, 0.3) is 0 Å². The van der Waals surface area contributed by atoms with E-state index < -0.39 is 0 Å². The molecule has 3 rings (SSSR count). The second kappa shape index (κ2) is 7.75. The molecule has 0 aliphatic heterocycles. The molecule has 0 amide bonds. The molecular formula is C22H20O3. The van der Waals surface area contributed by atoms with E-state index in [1.165, 1.54) is 0 Å². The minimum atomic E-state index is -0.358. The molecule has 1 atom stereocenters. The molecule has 0 bridgehead atoms. The van der Waals surface area contributed by atoms with Crippen LogP contribution in [0.3, 0.4) is 0 Å². The summed E-state index contributed by atoms with van der Waals surface area (Å²) in [6.45, 7) is 1.70. The monoisotopic (exact) mass is 332 g/mol. The van der Waals surface area contributed by atoms with Gasteiger partial charge in [0.05, 0.1) is 5.92 Å². The Morgan fingerprint density at radius 2 is 1.56 bits per heavy atom. The largest absolute Gasteiger partial charge is 0.457 e. The Labute approximate surface area is 147 Å². The number of carbonyl (C=O) groups is 2. The maximum atomic E-state index is 12.4. The quantitative estimate of drug-likeness (QED) is 0.483. The van der Waals surface area contributed by atoms with Gasteiger partial charge in [-0.05, 0) is 28.8 Å². The number of hydrogen-bond donors (Lipinski definition) is 0. The third kappa shape index (κ3) is 3.94. The van der Waals surface area contributed by atoms with Crippen LogP contribution < -0.4 is 0 Å². The highest BCUT2D eigenvalue weighted by Gasteiger charge is 2.21. The fraction of sp³-hybridized carbons (Fsp3) is 0.182. The summed E-state index contributed by atoms with van der Waals surface area (Å²) in [7, 11) is 0. The van der Waals surface area contributed by atoms with E-state index in [0.717, 1.165) is 16.3 Å². The summed E-state index contributed by atoms with van der Waals surface area (Å²) in [5.41, 5.74) is 1.47. The van der Waals surface area contributed by atoms with E-state index >= 15 is 0 Å². The molecule has 3 aromatic carbocycles. The van der Waals surface area contributed by atoms with Gasteiger partial charge >= 0.3 is 5.97 Å². The number of ether oxygens (including phenoxy) is 1. The predicted molar refractivity (Wildman–Crippen MR) is 98.7 cm³/mol. The Hall–Kier alpha value is -2.94. The lowest BCUT2D eigenvalue weighted by molar-refractivity contribution is -0.144. The van der Waals surface area contributed by atoms with Gasteiger partial charge in [-0.25, -0.2) is 0 Å². The van der Waals surface area contributed by atoms with Crippen molar-refractivity contribution in [2.24, 2.45) is 0 Å². The number of rotatable bonds is 6. The Kier molecular flexibility index (Phi) is 5.24. The molecule has 25 heavy (non-hydrogen) atoms. The first-order valence-electron chi connectivity index (χ1n) is 8.42. The molecule has 3 aromatic rings. The van der Waals surface area contributed by atoms with Crippen molar-refractivity contribution in [3.05, 3.63) is 83.9 Å². The van der Waals surface area contributed by atoms with Gasteiger partial charge in [-0.3, -0.25) is 9.59 Å². The number of fused-ring (bicyclic) bond motifs is 1. The average Bonchev–Trinajstić information content (AvgIpc) is 2.67. The second-order valence-corrected chi connectivity index (χ2v) is 5.96. The van der Waals surface area contributed by atoms with E-state index in [2.05, 4.69) is 0 Å². The Morgan fingerprint density at radius 1 is 0.880 bits per heavy atom. The summed E-state index contributed by atoms with van der Waals surface area (Å²) in [5.74, 6) is -0.893. The molecule has 126 valence electrons. The molecule has 0 saturated carbocycles. The standard InChI is InChI=1S/C22H20O3/c1-2-20(17-9-4-3-5-10-17)22(24)25-15-21(23)19-13-12-16-8-6-7-11-18(16)14-19/h3-14,20H,2,15H2,1H3. The Bertz CT molecular complexity index is 884. The normalized spacial score (nSPS) is 11.9. The van der Waals surface area contributed by atoms with E-state index in [-0.39, 0.29) is 24.3 Å². The zero-order valence-corrected chi connectivity index (χ0v) is 14.1. The maximum absolute atomic E-state index is 12.4. The van der Waals surface area contributed by atoms with Crippen molar-refractivity contribution in [3.8, 4) is 0 Å². The lowest BCUT2D eigenvalue weighted by atomic mass is 9.97. The van der Waals surface area contributed by atoms with Gasteiger partial charge in [-0.1, -0.05) is 73.7 Å². The molecule has 0 aliphatic rings. The first kappa shape index (κ1) is 16.9. The summed E-state index contributed by atoms with van der Waals surface area (Å²) < 4.78 is 5.29. The van der Waals surface area contributed by atoms with E-state index in [0.29, 0.717) is 12.0 Å². The van der Waals surface area contributed by atoms with Crippen LogP contribution in [0.4, 0.5) is 0 Å².